The lowest BCUT2D eigenvalue weighted by atomic mass is 9.89. The molecule has 1 aliphatic carbocycles. The number of carbonyl (C=O) groups excluding carboxylic acids is 2. The van der Waals surface area contributed by atoms with E-state index in [4.69, 9.17) is 9.47 Å². The molecule has 1 saturated heterocycles. The summed E-state index contributed by atoms with van der Waals surface area (Å²) in [6, 6.07) is 6.55. The summed E-state index contributed by atoms with van der Waals surface area (Å²) in [6.45, 7) is 4.92. The van der Waals surface area contributed by atoms with Gasteiger partial charge in [-0.15, -0.1) is 0 Å². The van der Waals surface area contributed by atoms with E-state index in [2.05, 4.69) is 5.32 Å². The van der Waals surface area contributed by atoms with Gasteiger partial charge in [-0.3, -0.25) is 14.5 Å². The normalized spacial score (nSPS) is 21.5. The quantitative estimate of drug-likeness (QED) is 0.860. The lowest BCUT2D eigenvalue weighted by molar-refractivity contribution is -0.127. The van der Waals surface area contributed by atoms with E-state index in [1.165, 1.54) is 0 Å². The first kappa shape index (κ1) is 19.7. The fourth-order valence-corrected chi connectivity index (χ4v) is 4.04. The van der Waals surface area contributed by atoms with Crippen molar-refractivity contribution in [2.45, 2.75) is 57.7 Å². The lowest BCUT2D eigenvalue weighted by Crippen LogP contribution is -2.56. The molecule has 1 aliphatic heterocycles. The van der Waals surface area contributed by atoms with E-state index in [0.29, 0.717) is 23.8 Å². The number of hydrogen-bond donors (Lipinski definition) is 1. The summed E-state index contributed by atoms with van der Waals surface area (Å²) in [5, 5.41) is 2.97. The van der Waals surface area contributed by atoms with Crippen molar-refractivity contribution in [2.75, 3.05) is 20.3 Å². The smallest absolute Gasteiger partial charge is 0.260 e. The first-order valence-corrected chi connectivity index (χ1v) is 9.87. The average Bonchev–Trinajstić information content (AvgIpc) is 3.04. The van der Waals surface area contributed by atoms with Gasteiger partial charge in [0.1, 0.15) is 17.5 Å². The van der Waals surface area contributed by atoms with Crippen molar-refractivity contribution < 1.29 is 19.1 Å². The number of amides is 2. The van der Waals surface area contributed by atoms with E-state index >= 15 is 0 Å². The Bertz CT molecular complexity index is 683. The molecule has 1 N–H and O–H groups in total. The molecule has 0 radical (unpaired) electrons. The highest BCUT2D eigenvalue weighted by atomic mass is 16.5. The predicted octanol–water partition coefficient (Wildman–Crippen LogP) is 2.97. The molecule has 0 aromatic heterocycles. The Morgan fingerprint density at radius 1 is 1.26 bits per heavy atom. The third-order valence-corrected chi connectivity index (χ3v) is 5.44. The fraction of sp³-hybridized carbons (Fsp3) is 0.619. The van der Waals surface area contributed by atoms with Crippen LogP contribution in [0.4, 0.5) is 0 Å². The summed E-state index contributed by atoms with van der Waals surface area (Å²) in [4.78, 5) is 28.1. The van der Waals surface area contributed by atoms with Crippen LogP contribution in [0, 0.1) is 5.92 Å². The number of nitrogens with zero attached hydrogens (tertiary/aromatic N) is 1. The molecule has 2 aliphatic rings. The second-order valence-electron chi connectivity index (χ2n) is 7.85. The topological polar surface area (TPSA) is 67.9 Å². The molecule has 0 unspecified atom stereocenters. The van der Waals surface area contributed by atoms with Gasteiger partial charge < -0.3 is 14.8 Å². The number of rotatable bonds is 5. The van der Waals surface area contributed by atoms with Crippen molar-refractivity contribution in [2.24, 2.45) is 5.92 Å². The number of nitrogens with one attached hydrogen (secondary N) is 1. The summed E-state index contributed by atoms with van der Waals surface area (Å²) in [7, 11) is 1.55. The molecule has 6 nitrogen and oxygen atoms in total. The third-order valence-electron chi connectivity index (χ3n) is 5.44. The molecule has 148 valence electrons. The van der Waals surface area contributed by atoms with Crippen LogP contribution in [0.3, 0.4) is 0 Å². The number of para-hydroxylation sites is 1. The van der Waals surface area contributed by atoms with Crippen LogP contribution in [-0.4, -0.2) is 48.7 Å². The highest BCUT2D eigenvalue weighted by Crippen LogP contribution is 2.42. The second-order valence-corrected chi connectivity index (χ2v) is 7.85. The van der Waals surface area contributed by atoms with Crippen LogP contribution in [-0.2, 0) is 9.53 Å². The summed E-state index contributed by atoms with van der Waals surface area (Å²) in [5.41, 5.74) is -0.215. The molecule has 1 spiro atoms. The van der Waals surface area contributed by atoms with E-state index in [0.717, 1.165) is 32.1 Å². The Balaban J connectivity index is 1.93. The van der Waals surface area contributed by atoms with Gasteiger partial charge in [0.25, 0.3) is 5.91 Å². The summed E-state index contributed by atoms with van der Waals surface area (Å²) in [5.74, 6) is 0.519. The van der Waals surface area contributed by atoms with Crippen LogP contribution in [0.25, 0.3) is 0 Å². The number of ether oxygens (including phenoxy) is 2. The van der Waals surface area contributed by atoms with Gasteiger partial charge in [0.2, 0.25) is 5.91 Å². The van der Waals surface area contributed by atoms with E-state index in [-0.39, 0.29) is 18.4 Å². The Kier molecular flexibility index (Phi) is 6.05. The van der Waals surface area contributed by atoms with Gasteiger partial charge in [0.05, 0.1) is 19.3 Å². The Morgan fingerprint density at radius 3 is 2.63 bits per heavy atom. The monoisotopic (exact) mass is 374 g/mol. The molecule has 6 heteroatoms. The third kappa shape index (κ3) is 3.95. The minimum atomic E-state index is -0.685. The van der Waals surface area contributed by atoms with Crippen molar-refractivity contribution in [1.29, 1.82) is 0 Å². The van der Waals surface area contributed by atoms with Crippen molar-refractivity contribution in [1.82, 2.24) is 10.2 Å². The molecule has 1 atom stereocenters. The Hall–Kier alpha value is -2.08. The number of methoxy groups -OCH3 is 1. The predicted molar refractivity (Wildman–Crippen MR) is 103 cm³/mol. The molecular formula is C21H30N2O4. The van der Waals surface area contributed by atoms with Gasteiger partial charge >= 0.3 is 0 Å². The van der Waals surface area contributed by atoms with Crippen LogP contribution >= 0.6 is 0 Å². The van der Waals surface area contributed by atoms with Gasteiger partial charge in [0.15, 0.2) is 0 Å². The number of hydrogen-bond acceptors (Lipinski definition) is 4. The minimum Gasteiger partial charge on any atom is -0.496 e. The standard InChI is InChI=1S/C21H30N2O4/c1-15(2)13-22-19(24)17-14-27-21(11-7-4-8-12-21)23(17)20(25)16-9-5-6-10-18(16)26-3/h5-6,9-10,15,17H,4,7-8,11-14H2,1-3H3,(H,22,24)/t17-/m1/s1. The first-order chi connectivity index (χ1) is 13.0. The van der Waals surface area contributed by atoms with E-state index < -0.39 is 11.8 Å². The highest BCUT2D eigenvalue weighted by Gasteiger charge is 2.53. The van der Waals surface area contributed by atoms with Crippen molar-refractivity contribution in [3.05, 3.63) is 29.8 Å². The zero-order valence-corrected chi connectivity index (χ0v) is 16.5. The molecule has 2 amide bonds. The number of carbonyl (C=O) groups is 2. The highest BCUT2D eigenvalue weighted by molar-refractivity contribution is 6.00. The van der Waals surface area contributed by atoms with Crippen molar-refractivity contribution in [3.8, 4) is 5.75 Å². The largest absolute Gasteiger partial charge is 0.496 e. The van der Waals surface area contributed by atoms with Crippen LogP contribution in [0.1, 0.15) is 56.3 Å². The Morgan fingerprint density at radius 2 is 1.96 bits per heavy atom. The molecule has 0 bridgehead atoms. The van der Waals surface area contributed by atoms with Gasteiger partial charge in [-0.05, 0) is 43.7 Å². The minimum absolute atomic E-state index is 0.144. The molecule has 1 heterocycles. The zero-order chi connectivity index (χ0) is 19.4. The maximum absolute atomic E-state index is 13.5. The van der Waals surface area contributed by atoms with E-state index in [1.54, 1.807) is 24.1 Å². The zero-order valence-electron chi connectivity index (χ0n) is 16.5. The molecule has 27 heavy (non-hydrogen) atoms. The maximum Gasteiger partial charge on any atom is 0.260 e. The van der Waals surface area contributed by atoms with Crippen molar-refractivity contribution >= 4 is 11.8 Å². The van der Waals surface area contributed by atoms with Crippen LogP contribution < -0.4 is 10.1 Å². The molecule has 3 rings (SSSR count). The maximum atomic E-state index is 13.5. The number of benzene rings is 1. The van der Waals surface area contributed by atoms with Crippen LogP contribution in [0.15, 0.2) is 24.3 Å². The molecule has 1 saturated carbocycles. The fourth-order valence-electron chi connectivity index (χ4n) is 4.04. The van der Waals surface area contributed by atoms with Gasteiger partial charge in [-0.25, -0.2) is 0 Å². The lowest BCUT2D eigenvalue weighted by Gasteiger charge is -2.41. The SMILES string of the molecule is COc1ccccc1C(=O)N1[C@@H](C(=O)NCC(C)C)COC12CCCCC2. The van der Waals surface area contributed by atoms with Gasteiger partial charge in [-0.2, -0.15) is 0 Å². The van der Waals surface area contributed by atoms with Gasteiger partial charge in [0, 0.05) is 6.54 Å². The molecule has 1 aromatic rings. The van der Waals surface area contributed by atoms with Crippen LogP contribution in [0.5, 0.6) is 5.75 Å². The summed E-state index contributed by atoms with van der Waals surface area (Å²) < 4.78 is 11.5. The second kappa shape index (κ2) is 8.30. The Labute approximate surface area is 161 Å². The first-order valence-electron chi connectivity index (χ1n) is 9.87. The van der Waals surface area contributed by atoms with E-state index in [1.807, 2.05) is 26.0 Å². The summed E-state index contributed by atoms with van der Waals surface area (Å²) in [6.07, 6.45) is 4.65. The van der Waals surface area contributed by atoms with Crippen LogP contribution in [0.2, 0.25) is 0 Å². The van der Waals surface area contributed by atoms with Gasteiger partial charge in [-0.1, -0.05) is 32.4 Å². The molecule has 2 fully saturated rings. The van der Waals surface area contributed by atoms with Crippen molar-refractivity contribution in [3.63, 3.8) is 0 Å². The summed E-state index contributed by atoms with van der Waals surface area (Å²) >= 11 is 0. The average molecular weight is 374 g/mol. The molecule has 1 aromatic carbocycles. The molecular weight excluding hydrogens is 344 g/mol. The van der Waals surface area contributed by atoms with E-state index in [9.17, 15) is 9.59 Å².